The van der Waals surface area contributed by atoms with Crippen LogP contribution in [0.3, 0.4) is 0 Å². The van der Waals surface area contributed by atoms with E-state index in [9.17, 15) is 9.59 Å². The van der Waals surface area contributed by atoms with Crippen molar-refractivity contribution in [1.82, 2.24) is 4.90 Å². The summed E-state index contributed by atoms with van der Waals surface area (Å²) in [6.45, 7) is 0.520. The van der Waals surface area contributed by atoms with Gasteiger partial charge in [0.25, 0.3) is 11.8 Å². The lowest BCUT2D eigenvalue weighted by Crippen LogP contribution is -2.45. The highest BCUT2D eigenvalue weighted by atomic mass is 16.5. The van der Waals surface area contributed by atoms with Crippen LogP contribution < -0.4 is 0 Å². The van der Waals surface area contributed by atoms with Crippen molar-refractivity contribution in [2.75, 3.05) is 0 Å². The summed E-state index contributed by atoms with van der Waals surface area (Å²) in [6.07, 6.45) is 5.35. The highest BCUT2D eigenvalue weighted by molar-refractivity contribution is 6.13. The molecular formula is C16H17NO3. The second-order valence-electron chi connectivity index (χ2n) is 5.21. The van der Waals surface area contributed by atoms with Crippen molar-refractivity contribution in [3.05, 3.63) is 48.0 Å². The van der Waals surface area contributed by atoms with Gasteiger partial charge in [-0.3, -0.25) is 14.5 Å². The van der Waals surface area contributed by atoms with Gasteiger partial charge in [0.2, 0.25) is 0 Å². The fourth-order valence-corrected chi connectivity index (χ4v) is 2.91. The Kier molecular flexibility index (Phi) is 3.65. The Morgan fingerprint density at radius 2 is 1.75 bits per heavy atom. The second kappa shape index (κ2) is 5.59. The Morgan fingerprint density at radius 1 is 1.05 bits per heavy atom. The van der Waals surface area contributed by atoms with Gasteiger partial charge in [0, 0.05) is 12.2 Å². The van der Waals surface area contributed by atoms with Crippen LogP contribution in [0, 0.1) is 0 Å². The third-order valence-corrected chi connectivity index (χ3v) is 3.90. The summed E-state index contributed by atoms with van der Waals surface area (Å²) < 4.78 is 5.94. The molecule has 1 aliphatic heterocycles. The number of hydrogen-bond donors (Lipinski definition) is 0. The molecule has 1 aliphatic carbocycles. The summed E-state index contributed by atoms with van der Waals surface area (Å²) in [5.74, 6) is -0.426. The van der Waals surface area contributed by atoms with Crippen molar-refractivity contribution in [2.45, 2.75) is 38.0 Å². The molecule has 0 saturated heterocycles. The first-order valence-electron chi connectivity index (χ1n) is 6.96. The van der Waals surface area contributed by atoms with Gasteiger partial charge < -0.3 is 4.74 Å². The van der Waals surface area contributed by atoms with Gasteiger partial charge in [0.1, 0.15) is 0 Å². The first-order valence-corrected chi connectivity index (χ1v) is 6.96. The van der Waals surface area contributed by atoms with Crippen LogP contribution in [-0.4, -0.2) is 28.9 Å². The van der Waals surface area contributed by atoms with Crippen molar-refractivity contribution in [2.24, 2.45) is 0 Å². The molecule has 4 heteroatoms. The molecule has 20 heavy (non-hydrogen) atoms. The Balaban J connectivity index is 1.64. The number of imide groups is 1. The zero-order valence-corrected chi connectivity index (χ0v) is 11.2. The first kappa shape index (κ1) is 13.1. The maximum atomic E-state index is 11.8. The Labute approximate surface area is 118 Å². The number of rotatable bonds is 4. The minimum absolute atomic E-state index is 0.0528. The fourth-order valence-electron chi connectivity index (χ4n) is 2.91. The molecule has 0 N–H and O–H groups in total. The summed E-state index contributed by atoms with van der Waals surface area (Å²) in [7, 11) is 0. The van der Waals surface area contributed by atoms with E-state index in [0.717, 1.165) is 24.8 Å². The molecule has 2 aliphatic rings. The summed E-state index contributed by atoms with van der Waals surface area (Å²) in [5, 5.41) is 0. The molecule has 1 aromatic carbocycles. The summed E-state index contributed by atoms with van der Waals surface area (Å²) in [4.78, 5) is 24.9. The standard InChI is InChI=1S/C16H17NO3/c18-15-9-10-16(19)17(15)13-7-4-8-14(13)20-11-12-5-2-1-3-6-12/h1-3,5-6,9-10,13-14H,4,7-8,11H2/t13-,14-/m0/s1. The molecule has 0 radical (unpaired) electrons. The number of nitrogens with zero attached hydrogens (tertiary/aromatic N) is 1. The quantitative estimate of drug-likeness (QED) is 0.787. The van der Waals surface area contributed by atoms with E-state index >= 15 is 0 Å². The fraction of sp³-hybridized carbons (Fsp3) is 0.375. The summed E-state index contributed by atoms with van der Waals surface area (Å²) in [5.41, 5.74) is 1.11. The normalized spacial score (nSPS) is 25.7. The van der Waals surface area contributed by atoms with E-state index in [0.29, 0.717) is 6.61 Å². The average molecular weight is 271 g/mol. The molecule has 2 amide bonds. The van der Waals surface area contributed by atoms with Crippen LogP contribution >= 0.6 is 0 Å². The molecule has 2 atom stereocenters. The summed E-state index contributed by atoms with van der Waals surface area (Å²) in [6, 6.07) is 9.82. The molecule has 3 rings (SSSR count). The predicted octanol–water partition coefficient (Wildman–Crippen LogP) is 2.05. The van der Waals surface area contributed by atoms with E-state index in [2.05, 4.69) is 0 Å². The van der Waals surface area contributed by atoms with Crippen molar-refractivity contribution in [3.63, 3.8) is 0 Å². The molecule has 1 saturated carbocycles. The zero-order chi connectivity index (χ0) is 13.9. The summed E-state index contributed by atoms with van der Waals surface area (Å²) >= 11 is 0. The molecule has 104 valence electrons. The largest absolute Gasteiger partial charge is 0.371 e. The van der Waals surface area contributed by atoms with Gasteiger partial charge in [0.15, 0.2) is 0 Å². The third kappa shape index (κ3) is 2.51. The SMILES string of the molecule is O=C1C=CC(=O)N1[C@H]1CCC[C@@H]1OCc1ccccc1. The van der Waals surface area contributed by atoms with Gasteiger partial charge in [-0.1, -0.05) is 30.3 Å². The van der Waals surface area contributed by atoms with E-state index in [4.69, 9.17) is 4.74 Å². The lowest BCUT2D eigenvalue weighted by Gasteiger charge is -2.27. The zero-order valence-electron chi connectivity index (χ0n) is 11.2. The number of carbonyl (C=O) groups excluding carboxylic acids is 2. The monoisotopic (exact) mass is 271 g/mol. The smallest absolute Gasteiger partial charge is 0.253 e. The second-order valence-corrected chi connectivity index (χ2v) is 5.21. The number of carbonyl (C=O) groups is 2. The first-order chi connectivity index (χ1) is 9.75. The van der Waals surface area contributed by atoms with E-state index in [-0.39, 0.29) is 24.0 Å². The Morgan fingerprint density at radius 3 is 2.45 bits per heavy atom. The van der Waals surface area contributed by atoms with Crippen LogP contribution in [0.4, 0.5) is 0 Å². The van der Waals surface area contributed by atoms with Crippen LogP contribution in [0.25, 0.3) is 0 Å². The number of ether oxygens (including phenoxy) is 1. The molecule has 0 spiro atoms. The van der Waals surface area contributed by atoms with E-state index in [1.54, 1.807) is 0 Å². The molecule has 1 fully saturated rings. The third-order valence-electron chi connectivity index (χ3n) is 3.90. The maximum absolute atomic E-state index is 11.8. The van der Waals surface area contributed by atoms with Crippen molar-refractivity contribution >= 4 is 11.8 Å². The van der Waals surface area contributed by atoms with Crippen molar-refractivity contribution < 1.29 is 14.3 Å². The highest BCUT2D eigenvalue weighted by Gasteiger charge is 2.39. The molecular weight excluding hydrogens is 254 g/mol. The lowest BCUT2D eigenvalue weighted by atomic mass is 10.1. The van der Waals surface area contributed by atoms with Crippen LogP contribution in [0.5, 0.6) is 0 Å². The van der Waals surface area contributed by atoms with Crippen LogP contribution in [0.1, 0.15) is 24.8 Å². The maximum Gasteiger partial charge on any atom is 0.253 e. The Bertz CT molecular complexity index is 520. The number of benzene rings is 1. The van der Waals surface area contributed by atoms with Gasteiger partial charge in [-0.2, -0.15) is 0 Å². The molecule has 4 nitrogen and oxygen atoms in total. The van der Waals surface area contributed by atoms with Gasteiger partial charge in [-0.25, -0.2) is 0 Å². The molecule has 0 unspecified atom stereocenters. The van der Waals surface area contributed by atoms with Crippen molar-refractivity contribution in [1.29, 1.82) is 0 Å². The Hall–Kier alpha value is -1.94. The average Bonchev–Trinajstić information content (AvgIpc) is 3.04. The molecule has 0 aromatic heterocycles. The highest BCUT2D eigenvalue weighted by Crippen LogP contribution is 2.29. The van der Waals surface area contributed by atoms with Crippen LogP contribution in [0.2, 0.25) is 0 Å². The molecule has 0 bridgehead atoms. The number of amides is 2. The predicted molar refractivity (Wildman–Crippen MR) is 73.7 cm³/mol. The van der Waals surface area contributed by atoms with Crippen molar-refractivity contribution in [3.8, 4) is 0 Å². The minimum atomic E-state index is -0.213. The number of hydrogen-bond acceptors (Lipinski definition) is 3. The lowest BCUT2D eigenvalue weighted by molar-refractivity contribution is -0.142. The van der Waals surface area contributed by atoms with Gasteiger partial charge >= 0.3 is 0 Å². The van der Waals surface area contributed by atoms with E-state index in [1.807, 2.05) is 30.3 Å². The molecule has 1 heterocycles. The minimum Gasteiger partial charge on any atom is -0.371 e. The van der Waals surface area contributed by atoms with E-state index in [1.165, 1.54) is 17.1 Å². The topological polar surface area (TPSA) is 46.6 Å². The van der Waals surface area contributed by atoms with Crippen LogP contribution in [-0.2, 0) is 20.9 Å². The van der Waals surface area contributed by atoms with E-state index < -0.39 is 0 Å². The van der Waals surface area contributed by atoms with Gasteiger partial charge in [-0.05, 0) is 24.8 Å². The molecule has 1 aromatic rings. The van der Waals surface area contributed by atoms with Crippen LogP contribution in [0.15, 0.2) is 42.5 Å². The van der Waals surface area contributed by atoms with Gasteiger partial charge in [-0.15, -0.1) is 0 Å². The van der Waals surface area contributed by atoms with Gasteiger partial charge in [0.05, 0.1) is 18.8 Å².